The Morgan fingerprint density at radius 1 is 1.06 bits per heavy atom. The van der Waals surface area contributed by atoms with E-state index < -0.39 is 12.0 Å². The van der Waals surface area contributed by atoms with E-state index in [4.69, 9.17) is 9.47 Å². The molecule has 33 heavy (non-hydrogen) atoms. The molecule has 1 aromatic heterocycles. The zero-order chi connectivity index (χ0) is 23.3. The second-order valence-electron chi connectivity index (χ2n) is 9.43. The molecule has 1 aliphatic carbocycles. The molecule has 1 unspecified atom stereocenters. The minimum Gasteiger partial charge on any atom is -0.490 e. The number of rotatable bonds is 8. The molecule has 2 heterocycles. The molecule has 1 atom stereocenters. The molecule has 1 saturated heterocycles. The van der Waals surface area contributed by atoms with Crippen LogP contribution >= 0.6 is 0 Å². The van der Waals surface area contributed by atoms with Crippen LogP contribution in [0.4, 0.5) is 8.78 Å². The molecule has 180 valence electrons. The summed E-state index contributed by atoms with van der Waals surface area (Å²) in [6.45, 7) is 2.65. The number of piperidine rings is 1. The lowest BCUT2D eigenvalue weighted by molar-refractivity contribution is -0.134. The summed E-state index contributed by atoms with van der Waals surface area (Å²) in [5.74, 6) is -1.87. The molecule has 0 amide bonds. The van der Waals surface area contributed by atoms with Crippen LogP contribution in [0.25, 0.3) is 11.1 Å². The van der Waals surface area contributed by atoms with Crippen molar-refractivity contribution in [1.29, 1.82) is 0 Å². The molecule has 0 spiro atoms. The fraction of sp³-hybridized carbons (Fsp3) is 0.615. The average molecular weight is 460 g/mol. The van der Waals surface area contributed by atoms with Crippen LogP contribution < -0.4 is 9.47 Å². The maximum absolute atomic E-state index is 14.4. The van der Waals surface area contributed by atoms with Crippen molar-refractivity contribution in [2.45, 2.75) is 82.8 Å². The Labute approximate surface area is 195 Å². The first kappa shape index (κ1) is 23.9. The minimum absolute atomic E-state index is 0.146. The Bertz CT molecular complexity index is 901. The van der Waals surface area contributed by atoms with Gasteiger partial charge in [-0.3, -0.25) is 0 Å². The highest BCUT2D eigenvalue weighted by molar-refractivity contribution is 5.67. The van der Waals surface area contributed by atoms with E-state index in [0.717, 1.165) is 54.7 Å². The monoisotopic (exact) mass is 459 g/mol. The molecule has 7 heteroatoms. The third kappa shape index (κ3) is 6.19. The van der Waals surface area contributed by atoms with Gasteiger partial charge in [-0.25, -0.2) is 8.78 Å². The quantitative estimate of drug-likeness (QED) is 0.491. The van der Waals surface area contributed by atoms with E-state index in [0.29, 0.717) is 12.6 Å². The standard InChI is InChI=1S/C26H35F2N3O2/c1-3-4-10-23-22(19-11-13-21(14-12-19)32-20-8-6-5-7-9-20)17-25(30-29-23)33-24-18-31(2)16-15-26(24,27)28/h11-14,17,20,24H,3-10,15-16,18H2,1-2H3. The Morgan fingerprint density at radius 2 is 1.82 bits per heavy atom. The molecule has 0 N–H and O–H groups in total. The first-order chi connectivity index (χ1) is 15.9. The van der Waals surface area contributed by atoms with E-state index in [2.05, 4.69) is 17.1 Å². The third-order valence-corrected chi connectivity index (χ3v) is 6.67. The van der Waals surface area contributed by atoms with Gasteiger partial charge in [0.15, 0.2) is 6.10 Å². The fourth-order valence-electron chi connectivity index (χ4n) is 4.60. The number of hydrogen-bond donors (Lipinski definition) is 0. The number of aryl methyl sites for hydroxylation is 1. The second-order valence-corrected chi connectivity index (χ2v) is 9.43. The van der Waals surface area contributed by atoms with Crippen molar-refractivity contribution in [2.75, 3.05) is 20.1 Å². The molecule has 4 rings (SSSR count). The number of halogens is 2. The number of likely N-dealkylation sites (tertiary alicyclic amines) is 1. The van der Waals surface area contributed by atoms with E-state index in [1.807, 2.05) is 36.2 Å². The third-order valence-electron chi connectivity index (χ3n) is 6.67. The number of ether oxygens (including phenoxy) is 2. The fourth-order valence-corrected chi connectivity index (χ4v) is 4.60. The van der Waals surface area contributed by atoms with Crippen molar-refractivity contribution in [3.8, 4) is 22.8 Å². The van der Waals surface area contributed by atoms with Crippen LogP contribution in [-0.4, -0.2) is 53.4 Å². The maximum Gasteiger partial charge on any atom is 0.286 e. The first-order valence-corrected chi connectivity index (χ1v) is 12.3. The van der Waals surface area contributed by atoms with Gasteiger partial charge in [0.05, 0.1) is 11.8 Å². The lowest BCUT2D eigenvalue weighted by Gasteiger charge is -2.36. The highest BCUT2D eigenvalue weighted by Crippen LogP contribution is 2.33. The second kappa shape index (κ2) is 10.8. The molecule has 1 aliphatic heterocycles. The summed E-state index contributed by atoms with van der Waals surface area (Å²) in [4.78, 5) is 1.86. The van der Waals surface area contributed by atoms with Crippen LogP contribution in [0.15, 0.2) is 30.3 Å². The number of alkyl halides is 2. The van der Waals surface area contributed by atoms with E-state index >= 15 is 0 Å². The maximum atomic E-state index is 14.4. The largest absolute Gasteiger partial charge is 0.490 e. The summed E-state index contributed by atoms with van der Waals surface area (Å²) in [6.07, 6.45) is 7.61. The van der Waals surface area contributed by atoms with E-state index in [9.17, 15) is 8.78 Å². The molecule has 2 aromatic rings. The molecule has 5 nitrogen and oxygen atoms in total. The van der Waals surface area contributed by atoms with Crippen LogP contribution in [-0.2, 0) is 6.42 Å². The van der Waals surface area contributed by atoms with Crippen molar-refractivity contribution >= 4 is 0 Å². The number of nitrogens with zero attached hydrogens (tertiary/aromatic N) is 3. The van der Waals surface area contributed by atoms with Gasteiger partial charge < -0.3 is 14.4 Å². The van der Waals surface area contributed by atoms with Crippen LogP contribution in [0.5, 0.6) is 11.6 Å². The zero-order valence-electron chi connectivity index (χ0n) is 19.7. The normalized spacial score (nSPS) is 21.6. The summed E-state index contributed by atoms with van der Waals surface area (Å²) in [5.41, 5.74) is 2.70. The van der Waals surface area contributed by atoms with Crippen molar-refractivity contribution < 1.29 is 18.3 Å². The van der Waals surface area contributed by atoms with Crippen LogP contribution in [0.2, 0.25) is 0 Å². The van der Waals surface area contributed by atoms with E-state index in [1.54, 1.807) is 6.07 Å². The molecule has 0 bridgehead atoms. The summed E-state index contributed by atoms with van der Waals surface area (Å²) >= 11 is 0. The molecule has 2 fully saturated rings. The molecule has 1 aromatic carbocycles. The zero-order valence-corrected chi connectivity index (χ0v) is 19.7. The van der Waals surface area contributed by atoms with Crippen LogP contribution in [0, 0.1) is 0 Å². The highest BCUT2D eigenvalue weighted by Gasteiger charge is 2.45. The Morgan fingerprint density at radius 3 is 2.55 bits per heavy atom. The van der Waals surface area contributed by atoms with Gasteiger partial charge in [0.2, 0.25) is 5.88 Å². The number of benzene rings is 1. The minimum atomic E-state index is -2.88. The number of aromatic nitrogens is 2. The Kier molecular flexibility index (Phi) is 7.78. The summed E-state index contributed by atoms with van der Waals surface area (Å²) in [5, 5.41) is 8.52. The SMILES string of the molecule is CCCCc1nnc(OC2CN(C)CCC2(F)F)cc1-c1ccc(OC2CCCCC2)cc1. The lowest BCUT2D eigenvalue weighted by atomic mass is 9.97. The van der Waals surface area contributed by atoms with Crippen molar-refractivity contribution in [3.63, 3.8) is 0 Å². The van der Waals surface area contributed by atoms with Crippen molar-refractivity contribution in [3.05, 3.63) is 36.0 Å². The number of likely N-dealkylation sites (N-methyl/N-ethyl adjacent to an activating group) is 1. The Hall–Kier alpha value is -2.28. The summed E-state index contributed by atoms with van der Waals surface area (Å²) < 4.78 is 40.7. The topological polar surface area (TPSA) is 47.5 Å². The van der Waals surface area contributed by atoms with Crippen LogP contribution in [0.3, 0.4) is 0 Å². The van der Waals surface area contributed by atoms with E-state index in [1.165, 1.54) is 19.3 Å². The summed E-state index contributed by atoms with van der Waals surface area (Å²) in [7, 11) is 1.83. The molecule has 2 aliphatic rings. The van der Waals surface area contributed by atoms with Crippen molar-refractivity contribution in [1.82, 2.24) is 15.1 Å². The van der Waals surface area contributed by atoms with Crippen LogP contribution in [0.1, 0.15) is 64.0 Å². The Balaban J connectivity index is 1.54. The van der Waals surface area contributed by atoms with Gasteiger partial charge in [0.25, 0.3) is 5.92 Å². The van der Waals surface area contributed by atoms with Gasteiger partial charge in [0.1, 0.15) is 5.75 Å². The van der Waals surface area contributed by atoms with Gasteiger partial charge in [-0.05, 0) is 63.3 Å². The predicted molar refractivity (Wildman–Crippen MR) is 125 cm³/mol. The first-order valence-electron chi connectivity index (χ1n) is 12.3. The molecule has 1 saturated carbocycles. The molecular formula is C26H35F2N3O2. The molecule has 0 radical (unpaired) electrons. The van der Waals surface area contributed by atoms with Gasteiger partial charge in [-0.2, -0.15) is 5.10 Å². The van der Waals surface area contributed by atoms with Crippen molar-refractivity contribution in [2.24, 2.45) is 0 Å². The smallest absolute Gasteiger partial charge is 0.286 e. The highest BCUT2D eigenvalue weighted by atomic mass is 19.3. The van der Waals surface area contributed by atoms with Gasteiger partial charge >= 0.3 is 0 Å². The molecular weight excluding hydrogens is 424 g/mol. The van der Waals surface area contributed by atoms with Gasteiger partial charge in [-0.1, -0.05) is 31.9 Å². The van der Waals surface area contributed by atoms with E-state index in [-0.39, 0.29) is 18.8 Å². The number of unbranched alkanes of at least 4 members (excludes halogenated alkanes) is 1. The lowest BCUT2D eigenvalue weighted by Crippen LogP contribution is -2.52. The summed E-state index contributed by atoms with van der Waals surface area (Å²) in [6, 6.07) is 9.76. The average Bonchev–Trinajstić information content (AvgIpc) is 2.82. The predicted octanol–water partition coefficient (Wildman–Crippen LogP) is 5.92. The van der Waals surface area contributed by atoms with Gasteiger partial charge in [0, 0.05) is 31.1 Å². The number of hydrogen-bond acceptors (Lipinski definition) is 5. The van der Waals surface area contributed by atoms with Gasteiger partial charge in [-0.15, -0.1) is 5.10 Å².